The quantitative estimate of drug-likeness (QED) is 0.540. The van der Waals surface area contributed by atoms with E-state index in [1.54, 1.807) is 6.33 Å². The van der Waals surface area contributed by atoms with Crippen LogP contribution in [0.2, 0.25) is 0 Å². The number of morpholine rings is 1. The molecule has 1 atom stereocenters. The van der Waals surface area contributed by atoms with Crippen LogP contribution in [0.3, 0.4) is 0 Å². The normalized spacial score (nSPS) is 19.9. The summed E-state index contributed by atoms with van der Waals surface area (Å²) >= 11 is 0. The number of nitrogens with one attached hydrogen (secondary N) is 1. The second kappa shape index (κ2) is 9.20. The molecule has 180 valence electrons. The Morgan fingerprint density at radius 1 is 1.15 bits per heavy atom. The lowest BCUT2D eigenvalue weighted by atomic mass is 10.1. The average molecular weight is 485 g/mol. The topological polar surface area (TPSA) is 132 Å². The van der Waals surface area contributed by atoms with Gasteiger partial charge in [0.1, 0.15) is 5.52 Å². The highest BCUT2D eigenvalue weighted by Crippen LogP contribution is 2.29. The van der Waals surface area contributed by atoms with E-state index in [1.807, 2.05) is 16.7 Å². The number of rotatable bonds is 6. The van der Waals surface area contributed by atoms with Crippen LogP contribution in [0.5, 0.6) is 0 Å². The van der Waals surface area contributed by atoms with Crippen molar-refractivity contribution in [3.8, 4) is 0 Å². The Kier molecular flexibility index (Phi) is 6.11. The van der Waals surface area contributed by atoms with Crippen molar-refractivity contribution in [2.75, 3.05) is 55.3 Å². The van der Waals surface area contributed by atoms with E-state index in [2.05, 4.69) is 43.9 Å². The van der Waals surface area contributed by atoms with Gasteiger partial charge in [-0.15, -0.1) is 0 Å². The fraction of sp³-hybridized carbons (Fsp3) is 0.409. The number of sulfonamides is 1. The third-order valence-electron chi connectivity index (χ3n) is 6.27. The highest BCUT2D eigenvalue weighted by atomic mass is 32.2. The van der Waals surface area contributed by atoms with Gasteiger partial charge in [-0.1, -0.05) is 6.58 Å². The SMILES string of the molecule is C=CS(=O)(=O)N1CCC[C@H](n2cnc3c(N)nc(Nc4ccc(N5CCOCC5)cc4)nc32)C1. The number of fused-ring (bicyclic) bond motifs is 1. The number of piperidine rings is 1. The summed E-state index contributed by atoms with van der Waals surface area (Å²) in [6.45, 7) is 7.46. The van der Waals surface area contributed by atoms with Gasteiger partial charge in [0.05, 0.1) is 25.6 Å². The molecule has 4 heterocycles. The molecule has 0 spiro atoms. The lowest BCUT2D eigenvalue weighted by Gasteiger charge is -2.31. The van der Waals surface area contributed by atoms with Gasteiger partial charge in [-0.25, -0.2) is 13.4 Å². The molecule has 2 aliphatic heterocycles. The Bertz CT molecular complexity index is 1290. The molecule has 0 aliphatic carbocycles. The van der Waals surface area contributed by atoms with Crippen molar-refractivity contribution in [1.29, 1.82) is 0 Å². The van der Waals surface area contributed by atoms with E-state index in [0.29, 0.717) is 30.2 Å². The molecule has 2 aromatic heterocycles. The lowest BCUT2D eigenvalue weighted by molar-refractivity contribution is 0.122. The molecule has 0 bridgehead atoms. The number of imidazole rings is 1. The zero-order valence-corrected chi connectivity index (χ0v) is 19.6. The van der Waals surface area contributed by atoms with Crippen molar-refractivity contribution < 1.29 is 13.2 Å². The van der Waals surface area contributed by atoms with Gasteiger partial charge in [0.15, 0.2) is 11.5 Å². The van der Waals surface area contributed by atoms with E-state index in [-0.39, 0.29) is 11.9 Å². The van der Waals surface area contributed by atoms with Crippen molar-refractivity contribution in [3.05, 3.63) is 42.6 Å². The molecule has 2 aliphatic rings. The second-order valence-electron chi connectivity index (χ2n) is 8.39. The molecule has 2 saturated heterocycles. The average Bonchev–Trinajstić information content (AvgIpc) is 3.30. The Morgan fingerprint density at radius 2 is 1.91 bits per heavy atom. The van der Waals surface area contributed by atoms with Gasteiger partial charge in [-0.2, -0.15) is 14.3 Å². The molecule has 3 N–H and O–H groups in total. The van der Waals surface area contributed by atoms with Crippen LogP contribution in [0, 0.1) is 0 Å². The third kappa shape index (κ3) is 4.43. The van der Waals surface area contributed by atoms with Gasteiger partial charge in [0.25, 0.3) is 0 Å². The van der Waals surface area contributed by atoms with Crippen molar-refractivity contribution in [2.24, 2.45) is 0 Å². The number of hydrogen-bond donors (Lipinski definition) is 2. The summed E-state index contributed by atoms with van der Waals surface area (Å²) < 4.78 is 33.3. The maximum atomic E-state index is 12.3. The van der Waals surface area contributed by atoms with E-state index >= 15 is 0 Å². The maximum absolute atomic E-state index is 12.3. The number of nitrogens with two attached hydrogens (primary N) is 1. The number of aromatic nitrogens is 4. The van der Waals surface area contributed by atoms with Crippen molar-refractivity contribution in [2.45, 2.75) is 18.9 Å². The van der Waals surface area contributed by atoms with Gasteiger partial charge in [-0.3, -0.25) is 0 Å². The molecule has 1 aromatic carbocycles. The number of nitrogens with zero attached hydrogens (tertiary/aromatic N) is 6. The van der Waals surface area contributed by atoms with Gasteiger partial charge in [0, 0.05) is 43.0 Å². The first-order valence-corrected chi connectivity index (χ1v) is 12.8. The lowest BCUT2D eigenvalue weighted by Crippen LogP contribution is -2.39. The van der Waals surface area contributed by atoms with Crippen LogP contribution in [0.1, 0.15) is 18.9 Å². The number of hydrogen-bond acceptors (Lipinski definition) is 9. The molecule has 0 unspecified atom stereocenters. The largest absolute Gasteiger partial charge is 0.382 e. The van der Waals surface area contributed by atoms with E-state index in [0.717, 1.165) is 55.9 Å². The first-order valence-electron chi connectivity index (χ1n) is 11.3. The summed E-state index contributed by atoms with van der Waals surface area (Å²) in [5.74, 6) is 0.625. The van der Waals surface area contributed by atoms with Gasteiger partial charge in [-0.05, 0) is 37.1 Å². The second-order valence-corrected chi connectivity index (χ2v) is 10.3. The highest BCUT2D eigenvalue weighted by Gasteiger charge is 2.29. The molecular formula is C22H28N8O3S. The third-order valence-corrected chi connectivity index (χ3v) is 7.74. The zero-order valence-electron chi connectivity index (χ0n) is 18.8. The predicted octanol–water partition coefficient (Wildman–Crippen LogP) is 2.10. The molecule has 5 rings (SSSR count). The summed E-state index contributed by atoms with van der Waals surface area (Å²) in [6.07, 6.45) is 3.20. The monoisotopic (exact) mass is 484 g/mol. The summed E-state index contributed by atoms with van der Waals surface area (Å²) in [5.41, 5.74) is 9.23. The minimum atomic E-state index is -3.48. The number of nitrogen functional groups attached to an aromatic ring is 1. The molecule has 3 aromatic rings. The Labute approximate surface area is 198 Å². The number of benzene rings is 1. The Morgan fingerprint density at radius 3 is 2.65 bits per heavy atom. The van der Waals surface area contributed by atoms with Crippen LogP contribution in [-0.4, -0.2) is 71.6 Å². The first-order chi connectivity index (χ1) is 16.4. The highest BCUT2D eigenvalue weighted by molar-refractivity contribution is 7.92. The van der Waals surface area contributed by atoms with Crippen molar-refractivity contribution >= 4 is 44.3 Å². The smallest absolute Gasteiger partial charge is 0.235 e. The molecule has 2 fully saturated rings. The fourth-order valence-electron chi connectivity index (χ4n) is 4.45. The van der Waals surface area contributed by atoms with Crippen LogP contribution >= 0.6 is 0 Å². The van der Waals surface area contributed by atoms with Crippen LogP contribution < -0.4 is 16.0 Å². The summed E-state index contributed by atoms with van der Waals surface area (Å²) in [5, 5.41) is 4.22. The first kappa shape index (κ1) is 22.6. The van der Waals surface area contributed by atoms with Crippen molar-refractivity contribution in [1.82, 2.24) is 23.8 Å². The summed E-state index contributed by atoms with van der Waals surface area (Å²) in [6, 6.07) is 7.95. The predicted molar refractivity (Wildman–Crippen MR) is 131 cm³/mol. The van der Waals surface area contributed by atoms with Gasteiger partial charge < -0.3 is 25.3 Å². The molecule has 12 heteroatoms. The van der Waals surface area contributed by atoms with Crippen LogP contribution in [0.25, 0.3) is 11.2 Å². The molecular weight excluding hydrogens is 456 g/mol. The van der Waals surface area contributed by atoms with Gasteiger partial charge in [0.2, 0.25) is 16.0 Å². The minimum absolute atomic E-state index is 0.108. The van der Waals surface area contributed by atoms with Crippen LogP contribution in [0.4, 0.5) is 23.1 Å². The summed E-state index contributed by atoms with van der Waals surface area (Å²) in [4.78, 5) is 15.7. The molecule has 0 amide bonds. The Balaban J connectivity index is 1.38. The van der Waals surface area contributed by atoms with E-state index in [9.17, 15) is 8.42 Å². The van der Waals surface area contributed by atoms with E-state index in [4.69, 9.17) is 10.5 Å². The summed E-state index contributed by atoms with van der Waals surface area (Å²) in [7, 11) is -3.48. The minimum Gasteiger partial charge on any atom is -0.382 e. The van der Waals surface area contributed by atoms with E-state index in [1.165, 1.54) is 4.31 Å². The zero-order chi connectivity index (χ0) is 23.7. The van der Waals surface area contributed by atoms with Crippen LogP contribution in [-0.2, 0) is 14.8 Å². The van der Waals surface area contributed by atoms with Gasteiger partial charge >= 0.3 is 0 Å². The number of anilines is 4. The molecule has 34 heavy (non-hydrogen) atoms. The molecule has 0 radical (unpaired) electrons. The molecule has 11 nitrogen and oxygen atoms in total. The van der Waals surface area contributed by atoms with Crippen molar-refractivity contribution in [3.63, 3.8) is 0 Å². The standard InChI is InChI=1S/C22H28N8O3S/c1-2-34(31,32)29-9-3-4-18(14-29)30-15-24-19-20(23)26-22(27-21(19)30)25-16-5-7-17(8-6-16)28-10-12-33-13-11-28/h2,5-8,15,18H,1,3-4,9-14H2,(H3,23,25,26,27)/t18-/m0/s1. The number of ether oxygens (including phenoxy) is 1. The van der Waals surface area contributed by atoms with E-state index < -0.39 is 10.0 Å². The molecule has 0 saturated carbocycles. The maximum Gasteiger partial charge on any atom is 0.235 e. The fourth-order valence-corrected chi connectivity index (χ4v) is 5.43. The van der Waals surface area contributed by atoms with Crippen LogP contribution in [0.15, 0.2) is 42.6 Å². The Hall–Kier alpha value is -3.22.